The van der Waals surface area contributed by atoms with Gasteiger partial charge in [0.15, 0.2) is 0 Å². The molecule has 1 aliphatic heterocycles. The number of fused-ring (bicyclic) bond motifs is 2. The quantitative estimate of drug-likeness (QED) is 0.529. The van der Waals surface area contributed by atoms with Crippen molar-refractivity contribution in [1.29, 1.82) is 0 Å². The minimum absolute atomic E-state index is 0.0433. The topological polar surface area (TPSA) is 64.1 Å². The van der Waals surface area contributed by atoms with Crippen LogP contribution in [0.2, 0.25) is 0 Å². The van der Waals surface area contributed by atoms with Crippen molar-refractivity contribution in [3.8, 4) is 16.3 Å². The summed E-state index contributed by atoms with van der Waals surface area (Å²) >= 11 is 1.58. The van der Waals surface area contributed by atoms with Crippen LogP contribution in [0.5, 0.6) is 5.75 Å². The van der Waals surface area contributed by atoms with Crippen LogP contribution in [0.25, 0.3) is 20.8 Å². The number of nitrogens with one attached hydrogen (secondary N) is 1. The molecule has 29 heavy (non-hydrogen) atoms. The lowest BCUT2D eigenvalue weighted by Crippen LogP contribution is -2.32. The molecule has 0 spiro atoms. The van der Waals surface area contributed by atoms with E-state index in [9.17, 15) is 4.79 Å². The first-order valence-corrected chi connectivity index (χ1v) is 10.4. The zero-order valence-electron chi connectivity index (χ0n) is 15.9. The van der Waals surface area contributed by atoms with Crippen molar-refractivity contribution in [2.24, 2.45) is 0 Å². The Morgan fingerprint density at radius 3 is 2.97 bits per heavy atom. The molecule has 2 aromatic carbocycles. The summed E-state index contributed by atoms with van der Waals surface area (Å²) in [6.45, 7) is 2.58. The molecule has 4 aromatic rings. The van der Waals surface area contributed by atoms with Crippen LogP contribution in [-0.4, -0.2) is 22.5 Å². The van der Waals surface area contributed by atoms with E-state index in [1.54, 1.807) is 17.5 Å². The van der Waals surface area contributed by atoms with Crippen LogP contribution in [0.15, 0.2) is 60.8 Å². The first kappa shape index (κ1) is 17.8. The van der Waals surface area contributed by atoms with E-state index < -0.39 is 0 Å². The van der Waals surface area contributed by atoms with Gasteiger partial charge >= 0.3 is 0 Å². The van der Waals surface area contributed by atoms with Crippen LogP contribution in [0, 0.1) is 6.92 Å². The number of rotatable bonds is 3. The van der Waals surface area contributed by atoms with Crippen molar-refractivity contribution in [1.82, 2.24) is 15.3 Å². The molecule has 1 aliphatic rings. The monoisotopic (exact) mass is 401 g/mol. The Bertz CT molecular complexity index is 1220. The minimum Gasteiger partial charge on any atom is -0.493 e. The minimum atomic E-state index is -0.0823. The van der Waals surface area contributed by atoms with Gasteiger partial charge in [-0.3, -0.25) is 9.78 Å². The molecule has 5 rings (SSSR count). The van der Waals surface area contributed by atoms with Gasteiger partial charge in [-0.1, -0.05) is 18.2 Å². The van der Waals surface area contributed by atoms with Crippen LogP contribution in [0.3, 0.4) is 0 Å². The molecule has 0 radical (unpaired) electrons. The first-order valence-electron chi connectivity index (χ1n) is 9.54. The second-order valence-electron chi connectivity index (χ2n) is 7.04. The fourth-order valence-corrected chi connectivity index (χ4v) is 4.71. The van der Waals surface area contributed by atoms with Crippen LogP contribution < -0.4 is 10.1 Å². The van der Waals surface area contributed by atoms with Crippen molar-refractivity contribution in [2.75, 3.05) is 6.61 Å². The number of para-hydroxylation sites is 1. The number of benzene rings is 2. The maximum Gasteiger partial charge on any atom is 0.251 e. The Labute approximate surface area is 172 Å². The van der Waals surface area contributed by atoms with E-state index in [1.807, 2.05) is 61.5 Å². The summed E-state index contributed by atoms with van der Waals surface area (Å²) in [7, 11) is 0. The average molecular weight is 401 g/mol. The maximum absolute atomic E-state index is 12.9. The number of aromatic nitrogens is 2. The molecule has 6 heteroatoms. The zero-order chi connectivity index (χ0) is 19.8. The fraction of sp³-hybridized carbons (Fsp3) is 0.174. The molecular weight excluding hydrogens is 382 g/mol. The van der Waals surface area contributed by atoms with Crippen molar-refractivity contribution < 1.29 is 9.53 Å². The van der Waals surface area contributed by atoms with E-state index >= 15 is 0 Å². The van der Waals surface area contributed by atoms with Crippen LogP contribution in [-0.2, 0) is 0 Å². The predicted molar refractivity (Wildman–Crippen MR) is 114 cm³/mol. The zero-order valence-corrected chi connectivity index (χ0v) is 16.7. The van der Waals surface area contributed by atoms with Gasteiger partial charge in [0.25, 0.3) is 5.91 Å². The van der Waals surface area contributed by atoms with Crippen molar-refractivity contribution in [3.63, 3.8) is 0 Å². The summed E-state index contributed by atoms with van der Waals surface area (Å²) < 4.78 is 6.68. The van der Waals surface area contributed by atoms with Gasteiger partial charge in [-0.05, 0) is 43.3 Å². The lowest BCUT2D eigenvalue weighted by Gasteiger charge is -2.26. The Morgan fingerprint density at radius 2 is 2.07 bits per heavy atom. The normalized spacial score (nSPS) is 15.6. The van der Waals surface area contributed by atoms with Gasteiger partial charge in [-0.15, -0.1) is 11.3 Å². The molecule has 1 atom stereocenters. The van der Waals surface area contributed by atoms with Crippen LogP contribution >= 0.6 is 11.3 Å². The largest absolute Gasteiger partial charge is 0.493 e. The molecular formula is C23H19N3O2S. The number of aryl methyl sites for hydroxylation is 1. The standard InChI is InChI=1S/C23H19N3O2S/c1-14-16(6-4-11-24-14)23-26-19-9-8-15(13-21(19)29-23)22(27)25-18-10-12-28-20-7-3-2-5-17(18)20/h2-9,11,13,18H,10,12H2,1H3,(H,25,27). The molecule has 0 saturated carbocycles. The number of pyridine rings is 1. The number of carbonyl (C=O) groups is 1. The number of carbonyl (C=O) groups excluding carboxylic acids is 1. The lowest BCUT2D eigenvalue weighted by molar-refractivity contribution is 0.0925. The predicted octanol–water partition coefficient (Wildman–Crippen LogP) is 4.92. The van der Waals surface area contributed by atoms with E-state index in [-0.39, 0.29) is 11.9 Å². The third-order valence-corrected chi connectivity index (χ3v) is 6.20. The maximum atomic E-state index is 12.9. The number of hydrogen-bond acceptors (Lipinski definition) is 5. The molecule has 3 heterocycles. The highest BCUT2D eigenvalue weighted by Crippen LogP contribution is 2.33. The van der Waals surface area contributed by atoms with Gasteiger partial charge in [0.1, 0.15) is 10.8 Å². The summed E-state index contributed by atoms with van der Waals surface area (Å²) in [5, 5.41) is 4.08. The molecule has 2 aromatic heterocycles. The highest BCUT2D eigenvalue weighted by Gasteiger charge is 2.23. The Hall–Kier alpha value is -3.25. The summed E-state index contributed by atoms with van der Waals surface area (Å²) in [4.78, 5) is 22.0. The van der Waals surface area contributed by atoms with Crippen molar-refractivity contribution in [2.45, 2.75) is 19.4 Å². The molecule has 1 N–H and O–H groups in total. The first-order chi connectivity index (χ1) is 14.2. The van der Waals surface area contributed by atoms with E-state index in [4.69, 9.17) is 9.72 Å². The number of hydrogen-bond donors (Lipinski definition) is 1. The number of nitrogens with zero attached hydrogens (tertiary/aromatic N) is 2. The number of thiazole rings is 1. The van der Waals surface area contributed by atoms with E-state index in [1.165, 1.54) is 0 Å². The molecule has 1 amide bonds. The Balaban J connectivity index is 1.42. The molecule has 5 nitrogen and oxygen atoms in total. The SMILES string of the molecule is Cc1ncccc1-c1nc2ccc(C(=O)NC3CCOc4ccccc43)cc2s1. The Morgan fingerprint density at radius 1 is 1.17 bits per heavy atom. The molecule has 1 unspecified atom stereocenters. The second-order valence-corrected chi connectivity index (χ2v) is 8.07. The highest BCUT2D eigenvalue weighted by molar-refractivity contribution is 7.21. The molecule has 0 saturated heterocycles. The molecule has 0 fully saturated rings. The molecule has 0 aliphatic carbocycles. The van der Waals surface area contributed by atoms with Gasteiger partial charge < -0.3 is 10.1 Å². The van der Waals surface area contributed by atoms with Crippen molar-refractivity contribution >= 4 is 27.5 Å². The second kappa shape index (κ2) is 7.29. The molecule has 0 bridgehead atoms. The van der Waals surface area contributed by atoms with Crippen LogP contribution in [0.1, 0.15) is 34.1 Å². The summed E-state index contributed by atoms with van der Waals surface area (Å²) in [6.07, 6.45) is 2.54. The fourth-order valence-electron chi connectivity index (χ4n) is 3.62. The van der Waals surface area contributed by atoms with Gasteiger partial charge in [-0.25, -0.2) is 4.98 Å². The molecule has 144 valence electrons. The smallest absolute Gasteiger partial charge is 0.251 e. The van der Waals surface area contributed by atoms with Gasteiger partial charge in [0, 0.05) is 35.0 Å². The third-order valence-electron chi connectivity index (χ3n) is 5.15. The summed E-state index contributed by atoms with van der Waals surface area (Å²) in [5.41, 5.74) is 4.53. The summed E-state index contributed by atoms with van der Waals surface area (Å²) in [6, 6.07) is 17.4. The lowest BCUT2D eigenvalue weighted by atomic mass is 10.00. The van der Waals surface area contributed by atoms with E-state index in [0.29, 0.717) is 12.2 Å². The van der Waals surface area contributed by atoms with Crippen molar-refractivity contribution in [3.05, 3.63) is 77.6 Å². The van der Waals surface area contributed by atoms with Gasteiger partial charge in [0.2, 0.25) is 0 Å². The third kappa shape index (κ3) is 3.36. The van der Waals surface area contributed by atoms with E-state index in [2.05, 4.69) is 10.3 Å². The number of ether oxygens (including phenoxy) is 1. The van der Waals surface area contributed by atoms with Crippen LogP contribution in [0.4, 0.5) is 0 Å². The van der Waals surface area contributed by atoms with Gasteiger partial charge in [0.05, 0.1) is 22.9 Å². The number of amides is 1. The van der Waals surface area contributed by atoms with E-state index in [0.717, 1.165) is 44.2 Å². The average Bonchev–Trinajstić information content (AvgIpc) is 3.17. The summed E-state index contributed by atoms with van der Waals surface area (Å²) in [5.74, 6) is 0.763. The van der Waals surface area contributed by atoms with Gasteiger partial charge in [-0.2, -0.15) is 0 Å². The Kier molecular flexibility index (Phi) is 4.48. The highest BCUT2D eigenvalue weighted by atomic mass is 32.1.